The molecule has 0 aromatic heterocycles. The van der Waals surface area contributed by atoms with Crippen LogP contribution in [0.15, 0.2) is 0 Å². The van der Waals surface area contributed by atoms with Gasteiger partial charge in [-0.25, -0.2) is 0 Å². The summed E-state index contributed by atoms with van der Waals surface area (Å²) >= 11 is 0. The van der Waals surface area contributed by atoms with Gasteiger partial charge in [0.05, 0.1) is 0 Å². The van der Waals surface area contributed by atoms with E-state index in [0.29, 0.717) is 5.78 Å². The highest BCUT2D eigenvalue weighted by atomic mass is 16.1. The molecule has 0 spiro atoms. The molecule has 0 amide bonds. The van der Waals surface area contributed by atoms with Crippen LogP contribution in [0.2, 0.25) is 0 Å². The zero-order valence-corrected chi connectivity index (χ0v) is 12.3. The highest BCUT2D eigenvalue weighted by Crippen LogP contribution is 2.35. The lowest BCUT2D eigenvalue weighted by Crippen LogP contribution is -2.41. The normalized spacial score (nSPS) is 26.2. The molecule has 1 aliphatic rings. The molecule has 0 aliphatic heterocycles. The molecule has 0 aromatic carbocycles. The molecule has 0 saturated heterocycles. The van der Waals surface area contributed by atoms with Crippen LogP contribution in [0.4, 0.5) is 0 Å². The molecule has 0 aromatic rings. The molecular formula is C15H29NO. The number of carbonyl (C=O) groups is 1. The summed E-state index contributed by atoms with van der Waals surface area (Å²) in [7, 11) is 2.15. The summed E-state index contributed by atoms with van der Waals surface area (Å²) in [5.74, 6) is 1.49. The van der Waals surface area contributed by atoms with E-state index in [2.05, 4.69) is 39.6 Å². The Kier molecular flexibility index (Phi) is 5.18. The van der Waals surface area contributed by atoms with Gasteiger partial charge >= 0.3 is 0 Å². The lowest BCUT2D eigenvalue weighted by Gasteiger charge is -2.35. The third kappa shape index (κ3) is 4.09. The second-order valence-electron chi connectivity index (χ2n) is 6.57. The topological polar surface area (TPSA) is 20.3 Å². The number of ketones is 1. The van der Waals surface area contributed by atoms with Crippen LogP contribution in [0.25, 0.3) is 0 Å². The van der Waals surface area contributed by atoms with Crippen LogP contribution in [0.3, 0.4) is 0 Å². The van der Waals surface area contributed by atoms with Crippen molar-refractivity contribution in [2.45, 2.75) is 53.4 Å². The Labute approximate surface area is 107 Å². The number of Topliss-reactive ketones (excluding diaryl/α,β-unsaturated/α-hetero) is 1. The predicted octanol–water partition coefficient (Wildman–Crippen LogP) is 3.36. The quantitative estimate of drug-likeness (QED) is 0.733. The van der Waals surface area contributed by atoms with Gasteiger partial charge in [-0.3, -0.25) is 4.79 Å². The highest BCUT2D eigenvalue weighted by molar-refractivity contribution is 5.87. The molecule has 0 N–H and O–H groups in total. The van der Waals surface area contributed by atoms with E-state index in [1.165, 1.54) is 12.8 Å². The summed E-state index contributed by atoms with van der Waals surface area (Å²) in [6, 6.07) is 0. The molecule has 0 bridgehead atoms. The summed E-state index contributed by atoms with van der Waals surface area (Å²) < 4.78 is 0. The van der Waals surface area contributed by atoms with E-state index < -0.39 is 0 Å². The predicted molar refractivity (Wildman–Crippen MR) is 73.1 cm³/mol. The van der Waals surface area contributed by atoms with Crippen LogP contribution in [0, 0.1) is 17.3 Å². The van der Waals surface area contributed by atoms with Crippen molar-refractivity contribution >= 4 is 5.78 Å². The summed E-state index contributed by atoms with van der Waals surface area (Å²) in [5.41, 5.74) is -0.0832. The van der Waals surface area contributed by atoms with Gasteiger partial charge in [-0.15, -0.1) is 0 Å². The van der Waals surface area contributed by atoms with Crippen LogP contribution in [-0.2, 0) is 4.79 Å². The van der Waals surface area contributed by atoms with E-state index in [4.69, 9.17) is 0 Å². The Morgan fingerprint density at radius 3 is 2.71 bits per heavy atom. The SMILES string of the molecule is CCC(C)CN(C)CC1CCCC(C)(C)C1=O. The number of hydrogen-bond donors (Lipinski definition) is 0. The first-order valence-corrected chi connectivity index (χ1v) is 7.09. The van der Waals surface area contributed by atoms with Gasteiger partial charge in [-0.2, -0.15) is 0 Å². The van der Waals surface area contributed by atoms with Gasteiger partial charge in [0, 0.05) is 24.4 Å². The summed E-state index contributed by atoms with van der Waals surface area (Å²) in [4.78, 5) is 14.7. The van der Waals surface area contributed by atoms with Crippen LogP contribution < -0.4 is 0 Å². The van der Waals surface area contributed by atoms with Crippen LogP contribution >= 0.6 is 0 Å². The third-order valence-electron chi connectivity index (χ3n) is 4.24. The molecule has 17 heavy (non-hydrogen) atoms. The molecular weight excluding hydrogens is 210 g/mol. The van der Waals surface area contributed by atoms with Crippen LogP contribution in [-0.4, -0.2) is 30.8 Å². The zero-order chi connectivity index (χ0) is 13.1. The molecule has 2 heteroatoms. The Bertz CT molecular complexity index is 260. The summed E-state index contributed by atoms with van der Waals surface area (Å²) in [6.07, 6.45) is 4.58. The lowest BCUT2D eigenvalue weighted by atomic mass is 9.71. The fourth-order valence-corrected chi connectivity index (χ4v) is 2.88. The monoisotopic (exact) mass is 239 g/mol. The van der Waals surface area contributed by atoms with Gasteiger partial charge in [-0.05, 0) is 25.8 Å². The van der Waals surface area contributed by atoms with Crippen LogP contribution in [0.1, 0.15) is 53.4 Å². The molecule has 2 nitrogen and oxygen atoms in total. The van der Waals surface area contributed by atoms with E-state index in [0.717, 1.165) is 31.8 Å². The third-order valence-corrected chi connectivity index (χ3v) is 4.24. The van der Waals surface area contributed by atoms with Crippen molar-refractivity contribution in [3.63, 3.8) is 0 Å². The first-order valence-electron chi connectivity index (χ1n) is 7.09. The first-order chi connectivity index (χ1) is 7.86. The van der Waals surface area contributed by atoms with Gasteiger partial charge in [0.25, 0.3) is 0 Å². The van der Waals surface area contributed by atoms with Gasteiger partial charge in [0.2, 0.25) is 0 Å². The first kappa shape index (κ1) is 14.7. The number of rotatable bonds is 5. The maximum absolute atomic E-state index is 12.3. The van der Waals surface area contributed by atoms with Crippen molar-refractivity contribution in [2.24, 2.45) is 17.3 Å². The van der Waals surface area contributed by atoms with Crippen molar-refractivity contribution in [2.75, 3.05) is 20.1 Å². The average Bonchev–Trinajstić information content (AvgIpc) is 2.24. The van der Waals surface area contributed by atoms with Gasteiger partial charge in [-0.1, -0.05) is 40.5 Å². The smallest absolute Gasteiger partial charge is 0.142 e. The summed E-state index contributed by atoms with van der Waals surface area (Å²) in [5, 5.41) is 0. The fraction of sp³-hybridized carbons (Fsp3) is 0.933. The van der Waals surface area contributed by atoms with Crippen molar-refractivity contribution in [1.82, 2.24) is 4.90 Å². The van der Waals surface area contributed by atoms with Crippen molar-refractivity contribution in [3.05, 3.63) is 0 Å². The number of carbonyl (C=O) groups excluding carboxylic acids is 1. The Hall–Kier alpha value is -0.370. The maximum atomic E-state index is 12.3. The van der Waals surface area contributed by atoms with Gasteiger partial charge < -0.3 is 4.90 Å². The largest absolute Gasteiger partial charge is 0.305 e. The molecule has 100 valence electrons. The van der Waals surface area contributed by atoms with E-state index in [1.54, 1.807) is 0 Å². The van der Waals surface area contributed by atoms with Crippen LogP contribution in [0.5, 0.6) is 0 Å². The standard InChI is InChI=1S/C15H29NO/c1-6-12(2)10-16(5)11-13-8-7-9-15(3,4)14(13)17/h12-13H,6-11H2,1-5H3. The molecule has 2 unspecified atom stereocenters. The van der Waals surface area contributed by atoms with Crippen molar-refractivity contribution < 1.29 is 4.79 Å². The minimum Gasteiger partial charge on any atom is -0.305 e. The van der Waals surface area contributed by atoms with E-state index in [1.807, 2.05) is 0 Å². The second-order valence-corrected chi connectivity index (χ2v) is 6.57. The molecule has 1 aliphatic carbocycles. The molecule has 1 saturated carbocycles. The van der Waals surface area contributed by atoms with Crippen molar-refractivity contribution in [1.29, 1.82) is 0 Å². The Morgan fingerprint density at radius 1 is 1.47 bits per heavy atom. The average molecular weight is 239 g/mol. The van der Waals surface area contributed by atoms with Crippen molar-refractivity contribution in [3.8, 4) is 0 Å². The number of nitrogens with zero attached hydrogens (tertiary/aromatic N) is 1. The van der Waals surface area contributed by atoms with E-state index in [9.17, 15) is 4.79 Å². The van der Waals surface area contributed by atoms with Gasteiger partial charge in [0.1, 0.15) is 5.78 Å². The molecule has 1 fully saturated rings. The minimum absolute atomic E-state index is 0.0832. The van der Waals surface area contributed by atoms with E-state index in [-0.39, 0.29) is 11.3 Å². The Morgan fingerprint density at radius 2 is 2.12 bits per heavy atom. The fourth-order valence-electron chi connectivity index (χ4n) is 2.88. The van der Waals surface area contributed by atoms with E-state index >= 15 is 0 Å². The summed E-state index contributed by atoms with van der Waals surface area (Å²) in [6.45, 7) is 10.8. The highest BCUT2D eigenvalue weighted by Gasteiger charge is 2.37. The molecule has 0 radical (unpaired) electrons. The zero-order valence-electron chi connectivity index (χ0n) is 12.3. The minimum atomic E-state index is -0.0832. The number of hydrogen-bond acceptors (Lipinski definition) is 2. The lowest BCUT2D eigenvalue weighted by molar-refractivity contribution is -0.134. The van der Waals surface area contributed by atoms with Gasteiger partial charge in [0.15, 0.2) is 0 Å². The maximum Gasteiger partial charge on any atom is 0.142 e. The molecule has 1 rings (SSSR count). The molecule has 2 atom stereocenters. The second kappa shape index (κ2) is 5.99. The molecule has 0 heterocycles. The Balaban J connectivity index is 2.48.